The highest BCUT2D eigenvalue weighted by molar-refractivity contribution is 5.47. The van der Waals surface area contributed by atoms with Gasteiger partial charge in [0, 0.05) is 19.6 Å². The summed E-state index contributed by atoms with van der Waals surface area (Å²) in [5.74, 6) is -0.0480. The summed E-state index contributed by atoms with van der Waals surface area (Å²) in [5.41, 5.74) is 0. The Morgan fingerprint density at radius 2 is 1.68 bits per heavy atom. The Morgan fingerprint density at radius 1 is 1.00 bits per heavy atom. The first-order valence-electron chi connectivity index (χ1n) is 7.63. The summed E-state index contributed by atoms with van der Waals surface area (Å²) < 4.78 is 27.5. The Labute approximate surface area is 130 Å². The van der Waals surface area contributed by atoms with E-state index in [1.54, 1.807) is 13.0 Å². The Balaban J connectivity index is 1.58. The molecule has 6 nitrogen and oxygen atoms in total. The van der Waals surface area contributed by atoms with Crippen molar-refractivity contribution >= 4 is 0 Å². The second kappa shape index (κ2) is 8.22. The van der Waals surface area contributed by atoms with E-state index in [4.69, 9.17) is 23.7 Å². The maximum atomic E-state index is 9.41. The third-order valence-corrected chi connectivity index (χ3v) is 3.12. The van der Waals surface area contributed by atoms with Crippen LogP contribution in [0.5, 0.6) is 17.2 Å². The molecule has 1 N–H and O–H groups in total. The van der Waals surface area contributed by atoms with Crippen molar-refractivity contribution in [2.75, 3.05) is 33.0 Å². The van der Waals surface area contributed by atoms with Crippen molar-refractivity contribution in [3.63, 3.8) is 0 Å². The largest absolute Gasteiger partial charge is 0.508 e. The SMILES string of the molecule is CCCCOCCOCCOC1(C)Oc2ccc(O)cc2O1. The summed E-state index contributed by atoms with van der Waals surface area (Å²) in [5, 5.41) is 9.41. The molecule has 0 bridgehead atoms. The van der Waals surface area contributed by atoms with Crippen LogP contribution in [0.1, 0.15) is 26.7 Å². The molecule has 0 saturated carbocycles. The molecular weight excluding hydrogens is 288 g/mol. The molecule has 1 unspecified atom stereocenters. The first-order valence-corrected chi connectivity index (χ1v) is 7.63. The molecule has 124 valence electrons. The fourth-order valence-corrected chi connectivity index (χ4v) is 1.99. The zero-order valence-corrected chi connectivity index (χ0v) is 13.2. The lowest BCUT2D eigenvalue weighted by Crippen LogP contribution is -2.39. The molecule has 6 heteroatoms. The Kier molecular flexibility index (Phi) is 6.30. The second-order valence-electron chi connectivity index (χ2n) is 5.12. The highest BCUT2D eigenvalue weighted by Gasteiger charge is 2.38. The van der Waals surface area contributed by atoms with Crippen LogP contribution in [0.3, 0.4) is 0 Å². The number of rotatable bonds is 10. The van der Waals surface area contributed by atoms with Gasteiger partial charge in [-0.25, -0.2) is 0 Å². The molecule has 1 aliphatic heterocycles. The summed E-state index contributed by atoms with van der Waals surface area (Å²) in [6.07, 6.45) is 2.21. The zero-order valence-electron chi connectivity index (χ0n) is 13.2. The highest BCUT2D eigenvalue weighted by atomic mass is 16.9. The number of phenolic OH excluding ortho intramolecular Hbond substituents is 1. The molecular formula is C16H24O6. The molecule has 0 aliphatic carbocycles. The van der Waals surface area contributed by atoms with Gasteiger partial charge in [-0.1, -0.05) is 13.3 Å². The number of hydrogen-bond acceptors (Lipinski definition) is 6. The number of unbranched alkanes of at least 4 members (excludes halogenated alkanes) is 1. The monoisotopic (exact) mass is 312 g/mol. The maximum absolute atomic E-state index is 9.41. The van der Waals surface area contributed by atoms with Crippen LogP contribution in [0.15, 0.2) is 18.2 Å². The Morgan fingerprint density at radius 3 is 2.45 bits per heavy atom. The van der Waals surface area contributed by atoms with E-state index in [0.717, 1.165) is 19.4 Å². The van der Waals surface area contributed by atoms with Gasteiger partial charge in [0.15, 0.2) is 11.5 Å². The van der Waals surface area contributed by atoms with Crippen molar-refractivity contribution in [3.8, 4) is 17.2 Å². The molecule has 0 aromatic heterocycles. The van der Waals surface area contributed by atoms with E-state index in [1.807, 2.05) is 0 Å². The van der Waals surface area contributed by atoms with Gasteiger partial charge >= 0.3 is 5.97 Å². The van der Waals surface area contributed by atoms with Gasteiger partial charge in [0.05, 0.1) is 26.4 Å². The van der Waals surface area contributed by atoms with Crippen LogP contribution in [0.2, 0.25) is 0 Å². The van der Waals surface area contributed by atoms with Crippen molar-refractivity contribution in [2.24, 2.45) is 0 Å². The van der Waals surface area contributed by atoms with E-state index in [0.29, 0.717) is 37.9 Å². The van der Waals surface area contributed by atoms with E-state index in [-0.39, 0.29) is 5.75 Å². The van der Waals surface area contributed by atoms with Crippen LogP contribution in [0.4, 0.5) is 0 Å². The lowest BCUT2D eigenvalue weighted by molar-refractivity contribution is -0.272. The number of hydrogen-bond donors (Lipinski definition) is 1. The minimum atomic E-state index is -1.18. The second-order valence-corrected chi connectivity index (χ2v) is 5.12. The van der Waals surface area contributed by atoms with Gasteiger partial charge in [-0.3, -0.25) is 0 Å². The fourth-order valence-electron chi connectivity index (χ4n) is 1.99. The van der Waals surface area contributed by atoms with Crippen molar-refractivity contribution in [2.45, 2.75) is 32.7 Å². The predicted octanol–water partition coefficient (Wildman–Crippen LogP) is 2.69. The van der Waals surface area contributed by atoms with Crippen LogP contribution >= 0.6 is 0 Å². The van der Waals surface area contributed by atoms with Crippen LogP contribution < -0.4 is 9.47 Å². The summed E-state index contributed by atoms with van der Waals surface area (Å²) in [7, 11) is 0. The Hall–Kier alpha value is -1.50. The minimum absolute atomic E-state index is 0.123. The van der Waals surface area contributed by atoms with Gasteiger partial charge < -0.3 is 28.8 Å². The minimum Gasteiger partial charge on any atom is -0.508 e. The Bertz CT molecular complexity index is 464. The van der Waals surface area contributed by atoms with Gasteiger partial charge in [0.1, 0.15) is 5.75 Å². The third kappa shape index (κ3) is 5.05. The number of benzene rings is 1. The molecule has 0 spiro atoms. The number of aromatic hydroxyl groups is 1. The summed E-state index contributed by atoms with van der Waals surface area (Å²) in [4.78, 5) is 0. The molecule has 2 rings (SSSR count). The molecule has 1 atom stereocenters. The summed E-state index contributed by atoms with van der Waals surface area (Å²) in [6.45, 7) is 6.49. The third-order valence-electron chi connectivity index (χ3n) is 3.12. The lowest BCUT2D eigenvalue weighted by atomic mass is 10.3. The number of phenols is 1. The fraction of sp³-hybridized carbons (Fsp3) is 0.625. The van der Waals surface area contributed by atoms with E-state index in [1.165, 1.54) is 12.1 Å². The molecule has 0 radical (unpaired) electrons. The van der Waals surface area contributed by atoms with Crippen LogP contribution in [-0.2, 0) is 14.2 Å². The molecule has 0 amide bonds. The molecule has 22 heavy (non-hydrogen) atoms. The smallest absolute Gasteiger partial charge is 0.368 e. The van der Waals surface area contributed by atoms with Crippen LogP contribution in [0, 0.1) is 0 Å². The molecule has 1 aliphatic rings. The average Bonchev–Trinajstić information content (AvgIpc) is 2.81. The molecule has 0 saturated heterocycles. The number of ether oxygens (including phenoxy) is 5. The topological polar surface area (TPSA) is 66.4 Å². The first-order chi connectivity index (χ1) is 10.6. The summed E-state index contributed by atoms with van der Waals surface area (Å²) in [6, 6.07) is 4.67. The van der Waals surface area contributed by atoms with Crippen LogP contribution in [-0.4, -0.2) is 44.1 Å². The quantitative estimate of drug-likeness (QED) is 0.670. The molecule has 1 heterocycles. The van der Waals surface area contributed by atoms with Crippen LogP contribution in [0.25, 0.3) is 0 Å². The van der Waals surface area contributed by atoms with Gasteiger partial charge in [0.2, 0.25) is 0 Å². The van der Waals surface area contributed by atoms with Gasteiger partial charge in [-0.15, -0.1) is 0 Å². The number of fused-ring (bicyclic) bond motifs is 1. The summed E-state index contributed by atoms with van der Waals surface area (Å²) >= 11 is 0. The predicted molar refractivity (Wildman–Crippen MR) is 80.3 cm³/mol. The van der Waals surface area contributed by atoms with Gasteiger partial charge in [0.25, 0.3) is 0 Å². The molecule has 1 aromatic rings. The van der Waals surface area contributed by atoms with Gasteiger partial charge in [-0.05, 0) is 18.6 Å². The van der Waals surface area contributed by atoms with Crippen molar-refractivity contribution in [3.05, 3.63) is 18.2 Å². The van der Waals surface area contributed by atoms with E-state index in [9.17, 15) is 5.11 Å². The first kappa shape index (κ1) is 16.9. The standard InChI is InChI=1S/C16H24O6/c1-3-4-7-18-8-9-19-10-11-20-16(2)21-14-6-5-13(17)12-15(14)22-16/h5-6,12,17H,3-4,7-11H2,1-2H3. The highest BCUT2D eigenvalue weighted by Crippen LogP contribution is 2.41. The van der Waals surface area contributed by atoms with E-state index >= 15 is 0 Å². The van der Waals surface area contributed by atoms with Crippen molar-refractivity contribution < 1.29 is 28.8 Å². The molecule has 1 aromatic carbocycles. The lowest BCUT2D eigenvalue weighted by Gasteiger charge is -2.22. The average molecular weight is 312 g/mol. The normalized spacial score (nSPS) is 19.5. The molecule has 0 fully saturated rings. The maximum Gasteiger partial charge on any atom is 0.368 e. The zero-order chi connectivity index (χ0) is 15.8. The van der Waals surface area contributed by atoms with Crippen molar-refractivity contribution in [1.29, 1.82) is 0 Å². The van der Waals surface area contributed by atoms with E-state index < -0.39 is 5.97 Å². The van der Waals surface area contributed by atoms with E-state index in [2.05, 4.69) is 6.92 Å². The van der Waals surface area contributed by atoms with Gasteiger partial charge in [-0.2, -0.15) is 0 Å². The van der Waals surface area contributed by atoms with Crippen molar-refractivity contribution in [1.82, 2.24) is 0 Å².